The minimum absolute atomic E-state index is 0.0289. The van der Waals surface area contributed by atoms with Gasteiger partial charge in [-0.1, -0.05) is 13.0 Å². The first-order valence-electron chi connectivity index (χ1n) is 13.8. The summed E-state index contributed by atoms with van der Waals surface area (Å²) in [6.07, 6.45) is 1.30. The molecule has 1 fully saturated rings. The Morgan fingerprint density at radius 1 is 0.976 bits per heavy atom. The summed E-state index contributed by atoms with van der Waals surface area (Å²) in [5, 5.41) is 5.84. The van der Waals surface area contributed by atoms with Crippen molar-refractivity contribution in [3.63, 3.8) is 0 Å². The third-order valence-electron chi connectivity index (χ3n) is 6.58. The molecule has 0 radical (unpaired) electrons. The number of ether oxygens (including phenoxy) is 1. The fourth-order valence-corrected chi connectivity index (χ4v) is 4.53. The van der Waals surface area contributed by atoms with Gasteiger partial charge in [0.2, 0.25) is 0 Å². The summed E-state index contributed by atoms with van der Waals surface area (Å²) in [5.41, 5.74) is 4.26. The first-order chi connectivity index (χ1) is 20.5. The van der Waals surface area contributed by atoms with Gasteiger partial charge >= 0.3 is 233 Å². The molecule has 0 saturated carbocycles. The number of carbonyl (C=O) groups excluding carboxylic acids is 3. The van der Waals surface area contributed by atoms with E-state index in [1.54, 1.807) is 4.90 Å². The second-order valence-electron chi connectivity index (χ2n) is 9.57. The van der Waals surface area contributed by atoms with Gasteiger partial charge in [-0.2, -0.15) is 0 Å². The van der Waals surface area contributed by atoms with Crippen LogP contribution in [0, 0.1) is 5.63 Å². The molecule has 1 aromatic heterocycles. The van der Waals surface area contributed by atoms with Gasteiger partial charge < -0.3 is 0 Å². The second kappa shape index (κ2) is 15.5. The number of piperazine rings is 1. The van der Waals surface area contributed by atoms with Crippen molar-refractivity contribution in [1.29, 1.82) is 0 Å². The molecule has 2 aromatic carbocycles. The number of hydrogen-bond acceptors (Lipinski definition) is 8. The van der Waals surface area contributed by atoms with Crippen LogP contribution in [-0.4, -0.2) is 76.5 Å². The summed E-state index contributed by atoms with van der Waals surface area (Å²) in [7, 11) is -0.535. The van der Waals surface area contributed by atoms with E-state index in [9.17, 15) is 18.9 Å². The van der Waals surface area contributed by atoms with Gasteiger partial charge in [-0.25, -0.2) is 0 Å². The molecule has 0 spiro atoms. The molecule has 1 atom stereocenters. The van der Waals surface area contributed by atoms with Crippen LogP contribution in [0.3, 0.4) is 0 Å². The van der Waals surface area contributed by atoms with E-state index in [1.807, 2.05) is 67.6 Å². The van der Waals surface area contributed by atoms with Crippen molar-refractivity contribution >= 4 is 31.6 Å². The SMILES string of the molecule is CCCCOC(=O)N1CCN(C(=O)[C@H](C#P=O)NC(=O)c2cc(NCc3ccccc3)nc(-c3ccccc3)n2)CC1. The van der Waals surface area contributed by atoms with Crippen molar-refractivity contribution in [3.8, 4) is 17.0 Å². The summed E-state index contributed by atoms with van der Waals surface area (Å²) in [4.78, 5) is 51.0. The predicted octanol–water partition coefficient (Wildman–Crippen LogP) is 4.19. The maximum absolute atomic E-state index is 13.4. The Morgan fingerprint density at radius 2 is 1.64 bits per heavy atom. The summed E-state index contributed by atoms with van der Waals surface area (Å²) in [5.74, 6) is -0.369. The second-order valence-corrected chi connectivity index (χ2v) is 10.0. The fraction of sp³-hybridized carbons (Fsp3) is 0.333. The average molecular weight is 589 g/mol. The van der Waals surface area contributed by atoms with Crippen molar-refractivity contribution < 1.29 is 23.7 Å². The van der Waals surface area contributed by atoms with E-state index in [2.05, 4.69) is 26.2 Å². The Kier molecular flexibility index (Phi) is 11.3. The van der Waals surface area contributed by atoms with Crippen molar-refractivity contribution in [2.45, 2.75) is 32.4 Å². The molecule has 1 saturated heterocycles. The fourth-order valence-electron chi connectivity index (χ4n) is 4.25. The average Bonchev–Trinajstić information content (AvgIpc) is 3.04. The third kappa shape index (κ3) is 8.52. The van der Waals surface area contributed by atoms with E-state index in [4.69, 9.17) is 4.74 Å². The van der Waals surface area contributed by atoms with E-state index in [1.165, 1.54) is 11.0 Å². The zero-order chi connectivity index (χ0) is 29.7. The summed E-state index contributed by atoms with van der Waals surface area (Å²) in [6.45, 7) is 3.90. The predicted molar refractivity (Wildman–Crippen MR) is 158 cm³/mol. The van der Waals surface area contributed by atoms with Gasteiger partial charge in [0.1, 0.15) is 0 Å². The van der Waals surface area contributed by atoms with E-state index >= 15 is 0 Å². The van der Waals surface area contributed by atoms with E-state index < -0.39 is 31.9 Å². The third-order valence-corrected chi connectivity index (χ3v) is 6.95. The molecule has 1 aliphatic rings. The number of aromatic nitrogens is 2. The molecule has 218 valence electrons. The molecule has 0 unspecified atom stereocenters. The van der Waals surface area contributed by atoms with Gasteiger partial charge in [0.15, 0.2) is 0 Å². The molecule has 3 aromatic rings. The Labute approximate surface area is 245 Å². The number of carbonyl (C=O) groups is 3. The summed E-state index contributed by atoms with van der Waals surface area (Å²) in [6, 6.07) is 19.2. The van der Waals surface area contributed by atoms with Gasteiger partial charge in [-0.05, 0) is 0 Å². The Balaban J connectivity index is 1.47. The van der Waals surface area contributed by atoms with Gasteiger partial charge in [0.05, 0.1) is 0 Å². The molecule has 2 heterocycles. The Hall–Kier alpha value is -4.46. The monoisotopic (exact) mass is 588 g/mol. The van der Waals surface area contributed by atoms with Crippen molar-refractivity contribution in [1.82, 2.24) is 25.1 Å². The topological polar surface area (TPSA) is 134 Å². The van der Waals surface area contributed by atoms with Crippen LogP contribution in [0.15, 0.2) is 66.7 Å². The van der Waals surface area contributed by atoms with Crippen LogP contribution < -0.4 is 10.6 Å². The zero-order valence-electron chi connectivity index (χ0n) is 23.4. The Morgan fingerprint density at radius 3 is 2.31 bits per heavy atom. The number of nitrogens with one attached hydrogen (secondary N) is 2. The normalized spacial score (nSPS) is 13.5. The molecular formula is C30H33N6O5P. The molecule has 12 heteroatoms. The van der Waals surface area contributed by atoms with Crippen molar-refractivity contribution in [3.05, 3.63) is 78.0 Å². The minimum atomic E-state index is -1.28. The number of anilines is 1. The molecule has 0 aliphatic carbocycles. The number of nitrogens with zero attached hydrogens (tertiary/aromatic N) is 4. The molecule has 2 N–H and O–H groups in total. The van der Waals surface area contributed by atoms with Gasteiger partial charge in [0, 0.05) is 0 Å². The number of benzene rings is 2. The molecular weight excluding hydrogens is 555 g/mol. The van der Waals surface area contributed by atoms with Crippen LogP contribution in [0.2, 0.25) is 0 Å². The van der Waals surface area contributed by atoms with Crippen molar-refractivity contribution in [2.75, 3.05) is 38.1 Å². The van der Waals surface area contributed by atoms with E-state index in [0.29, 0.717) is 30.4 Å². The molecule has 3 amide bonds. The Bertz CT molecular complexity index is 1480. The number of unbranched alkanes of at least 4 members (excludes halogenated alkanes) is 1. The molecule has 11 nitrogen and oxygen atoms in total. The molecule has 1 aliphatic heterocycles. The molecule has 4 rings (SSSR count). The number of hydrogen-bond donors (Lipinski definition) is 2. The quantitative estimate of drug-likeness (QED) is 0.266. The number of amides is 3. The van der Waals surface area contributed by atoms with E-state index in [0.717, 1.165) is 18.4 Å². The summed E-state index contributed by atoms with van der Waals surface area (Å²) < 4.78 is 16.7. The first kappa shape index (κ1) is 30.5. The van der Waals surface area contributed by atoms with Crippen LogP contribution in [0.4, 0.5) is 10.6 Å². The number of rotatable bonds is 10. The van der Waals surface area contributed by atoms with Crippen molar-refractivity contribution in [2.24, 2.45) is 0 Å². The summed E-state index contributed by atoms with van der Waals surface area (Å²) >= 11 is 0. The molecule has 42 heavy (non-hydrogen) atoms. The van der Waals surface area contributed by atoms with Gasteiger partial charge in [-0.15, -0.1) is 0 Å². The maximum atomic E-state index is 13.4. The van der Waals surface area contributed by atoms with Crippen LogP contribution in [0.5, 0.6) is 0 Å². The van der Waals surface area contributed by atoms with Crippen LogP contribution in [0.1, 0.15) is 35.8 Å². The zero-order valence-corrected chi connectivity index (χ0v) is 24.3. The van der Waals surface area contributed by atoms with Gasteiger partial charge in [0.25, 0.3) is 0 Å². The first-order valence-corrected chi connectivity index (χ1v) is 14.6. The van der Waals surface area contributed by atoms with Crippen LogP contribution in [-0.2, 0) is 20.6 Å². The van der Waals surface area contributed by atoms with Crippen LogP contribution >= 0.6 is 7.92 Å². The van der Waals surface area contributed by atoms with E-state index in [-0.39, 0.29) is 31.9 Å². The molecule has 0 bridgehead atoms. The van der Waals surface area contributed by atoms with Crippen LogP contribution in [0.25, 0.3) is 11.4 Å². The standard InChI is InChI=1S/C30H33N6O5P/c1-2-3-18-41-30(39)36-16-14-35(15-17-36)29(38)25(21-42-40)33-28(37)24-19-26(31-20-22-10-6-4-7-11-22)34-27(32-24)23-12-8-5-9-13-23/h4-13,19,25H,2-3,14-18,20H2,1H3,(H,33,37)(H,31,32,34)/t25-/m0/s1. The van der Waals surface area contributed by atoms with Gasteiger partial charge in [-0.3, -0.25) is 0 Å².